The van der Waals surface area contributed by atoms with Crippen molar-refractivity contribution in [1.29, 1.82) is 0 Å². The van der Waals surface area contributed by atoms with E-state index in [1.54, 1.807) is 12.1 Å². The lowest BCUT2D eigenvalue weighted by atomic mass is 10.2. The van der Waals surface area contributed by atoms with Crippen LogP contribution in [0, 0.1) is 23.6 Å². The van der Waals surface area contributed by atoms with Crippen LogP contribution < -0.4 is 5.32 Å². The summed E-state index contributed by atoms with van der Waals surface area (Å²) in [7, 11) is 0. The molecule has 6 heteroatoms. The Morgan fingerprint density at radius 2 is 1.65 bits per heavy atom. The molecular formula is C17H26Cl2FN3. The predicted octanol–water partition coefficient (Wildman–Crippen LogP) is 2.25. The second kappa shape index (κ2) is 8.13. The van der Waals surface area contributed by atoms with Crippen LogP contribution in [0.25, 0.3) is 0 Å². The van der Waals surface area contributed by atoms with E-state index in [4.69, 9.17) is 0 Å². The molecule has 0 radical (unpaired) electrons. The molecule has 0 aromatic heterocycles. The van der Waals surface area contributed by atoms with E-state index in [1.165, 1.54) is 38.8 Å². The summed E-state index contributed by atoms with van der Waals surface area (Å²) in [6, 6.07) is 7.00. The van der Waals surface area contributed by atoms with Crippen molar-refractivity contribution in [1.82, 2.24) is 15.1 Å². The molecule has 4 rings (SSSR count). The highest BCUT2D eigenvalue weighted by Gasteiger charge is 2.52. The van der Waals surface area contributed by atoms with E-state index < -0.39 is 0 Å². The van der Waals surface area contributed by atoms with Crippen molar-refractivity contribution in [2.45, 2.75) is 6.54 Å². The number of nitrogens with one attached hydrogen (secondary N) is 1. The molecule has 3 fully saturated rings. The predicted molar refractivity (Wildman–Crippen MR) is 96.0 cm³/mol. The van der Waals surface area contributed by atoms with Gasteiger partial charge in [-0.25, -0.2) is 4.39 Å². The van der Waals surface area contributed by atoms with Crippen LogP contribution in [0.2, 0.25) is 0 Å². The molecule has 3 atom stereocenters. The first-order valence-corrected chi connectivity index (χ1v) is 8.19. The van der Waals surface area contributed by atoms with Crippen LogP contribution in [0.3, 0.4) is 0 Å². The Bertz CT molecular complexity index is 498. The molecule has 1 unspecified atom stereocenters. The van der Waals surface area contributed by atoms with E-state index in [2.05, 4.69) is 15.1 Å². The number of nitrogens with zero attached hydrogens (tertiary/aromatic N) is 2. The molecule has 23 heavy (non-hydrogen) atoms. The summed E-state index contributed by atoms with van der Waals surface area (Å²) in [5, 5.41) is 3.47. The average Bonchev–Trinajstić information content (AvgIpc) is 2.92. The molecule has 130 valence electrons. The van der Waals surface area contributed by atoms with Crippen molar-refractivity contribution in [2.75, 3.05) is 45.8 Å². The lowest BCUT2D eigenvalue weighted by Crippen LogP contribution is -2.46. The third kappa shape index (κ3) is 4.37. The van der Waals surface area contributed by atoms with Gasteiger partial charge in [-0.3, -0.25) is 4.90 Å². The van der Waals surface area contributed by atoms with Gasteiger partial charge in [0.05, 0.1) is 0 Å². The topological polar surface area (TPSA) is 18.5 Å². The Morgan fingerprint density at radius 1 is 1.00 bits per heavy atom. The molecule has 2 heterocycles. The van der Waals surface area contributed by atoms with Crippen molar-refractivity contribution in [2.24, 2.45) is 17.8 Å². The third-order valence-electron chi connectivity index (χ3n) is 5.50. The van der Waals surface area contributed by atoms with Gasteiger partial charge in [-0.15, -0.1) is 24.8 Å². The van der Waals surface area contributed by atoms with Crippen molar-refractivity contribution in [3.63, 3.8) is 0 Å². The molecule has 0 amide bonds. The summed E-state index contributed by atoms with van der Waals surface area (Å²) in [5.74, 6) is 2.77. The standard InChI is InChI=1S/C17H24FN3.2ClH/c18-14-3-1-2-13(8-14)11-20-4-6-21(7-5-20)12-17-15-9-19-10-16(15)17;;/h1-3,8,15-17,19H,4-7,9-12H2;2*1H/t15-,16+,17?;;. The fourth-order valence-electron chi connectivity index (χ4n) is 4.14. The molecular weight excluding hydrogens is 336 g/mol. The van der Waals surface area contributed by atoms with Gasteiger partial charge in [0.2, 0.25) is 0 Å². The van der Waals surface area contributed by atoms with Crippen LogP contribution in [0.5, 0.6) is 0 Å². The van der Waals surface area contributed by atoms with Gasteiger partial charge in [0.15, 0.2) is 0 Å². The number of piperidine rings is 1. The highest BCUT2D eigenvalue weighted by molar-refractivity contribution is 5.85. The Balaban J connectivity index is 0.000000960. The molecule has 3 nitrogen and oxygen atoms in total. The quantitative estimate of drug-likeness (QED) is 0.887. The zero-order valence-corrected chi connectivity index (χ0v) is 14.9. The molecule has 0 spiro atoms. The number of rotatable bonds is 4. The molecule has 1 aromatic carbocycles. The summed E-state index contributed by atoms with van der Waals surface area (Å²) in [6.45, 7) is 9.21. The van der Waals surface area contributed by atoms with E-state index in [1.807, 2.05) is 6.07 Å². The van der Waals surface area contributed by atoms with Gasteiger partial charge < -0.3 is 10.2 Å². The minimum absolute atomic E-state index is 0. The molecule has 2 aliphatic heterocycles. The first kappa shape index (κ1) is 18.9. The fourth-order valence-corrected chi connectivity index (χ4v) is 4.14. The van der Waals surface area contributed by atoms with Gasteiger partial charge in [-0.1, -0.05) is 12.1 Å². The smallest absolute Gasteiger partial charge is 0.123 e. The van der Waals surface area contributed by atoms with Crippen LogP contribution in [0.1, 0.15) is 5.56 Å². The molecule has 2 saturated heterocycles. The van der Waals surface area contributed by atoms with Crippen LogP contribution >= 0.6 is 24.8 Å². The van der Waals surface area contributed by atoms with Crippen LogP contribution in [-0.2, 0) is 6.54 Å². The summed E-state index contributed by atoms with van der Waals surface area (Å²) < 4.78 is 13.2. The molecule has 1 saturated carbocycles. The van der Waals surface area contributed by atoms with Gasteiger partial charge >= 0.3 is 0 Å². The minimum atomic E-state index is -0.125. The number of hydrogen-bond acceptors (Lipinski definition) is 3. The zero-order valence-electron chi connectivity index (χ0n) is 13.3. The van der Waals surface area contributed by atoms with Gasteiger partial charge in [-0.05, 0) is 48.5 Å². The summed E-state index contributed by atoms with van der Waals surface area (Å²) in [5.41, 5.74) is 1.09. The van der Waals surface area contributed by atoms with E-state index in [0.29, 0.717) is 0 Å². The second-order valence-electron chi connectivity index (χ2n) is 6.86. The van der Waals surface area contributed by atoms with Gasteiger partial charge in [0.1, 0.15) is 5.82 Å². The minimum Gasteiger partial charge on any atom is -0.316 e. The van der Waals surface area contributed by atoms with Gasteiger partial charge in [0.25, 0.3) is 0 Å². The maximum Gasteiger partial charge on any atom is 0.123 e. The molecule has 1 N–H and O–H groups in total. The molecule has 0 bridgehead atoms. The Morgan fingerprint density at radius 3 is 2.30 bits per heavy atom. The van der Waals surface area contributed by atoms with Gasteiger partial charge in [-0.2, -0.15) is 0 Å². The van der Waals surface area contributed by atoms with Crippen molar-refractivity contribution >= 4 is 24.8 Å². The highest BCUT2D eigenvalue weighted by Crippen LogP contribution is 2.48. The Kier molecular flexibility index (Phi) is 6.69. The largest absolute Gasteiger partial charge is 0.316 e. The van der Waals surface area contributed by atoms with Crippen LogP contribution in [-0.4, -0.2) is 55.6 Å². The Labute approximate surface area is 150 Å². The number of hydrogen-bond donors (Lipinski definition) is 1. The monoisotopic (exact) mass is 361 g/mol. The van der Waals surface area contributed by atoms with E-state index in [9.17, 15) is 4.39 Å². The fraction of sp³-hybridized carbons (Fsp3) is 0.647. The number of halogens is 3. The second-order valence-corrected chi connectivity index (χ2v) is 6.86. The maximum atomic E-state index is 13.2. The SMILES string of the molecule is Cl.Cl.Fc1cccc(CN2CCN(CC3[C@H]4CNC[C@@H]34)CC2)c1. The first-order chi connectivity index (χ1) is 10.3. The number of piperazine rings is 1. The van der Waals surface area contributed by atoms with E-state index in [0.717, 1.165) is 43.0 Å². The van der Waals surface area contributed by atoms with Gasteiger partial charge in [0, 0.05) is 39.3 Å². The van der Waals surface area contributed by atoms with Crippen molar-refractivity contribution < 1.29 is 4.39 Å². The average molecular weight is 362 g/mol. The van der Waals surface area contributed by atoms with Crippen molar-refractivity contribution in [3.05, 3.63) is 35.6 Å². The molecule has 1 aliphatic carbocycles. The third-order valence-corrected chi connectivity index (χ3v) is 5.50. The number of benzene rings is 1. The first-order valence-electron chi connectivity index (χ1n) is 8.19. The molecule has 1 aromatic rings. The van der Waals surface area contributed by atoms with E-state index >= 15 is 0 Å². The summed E-state index contributed by atoms with van der Waals surface area (Å²) in [4.78, 5) is 5.08. The summed E-state index contributed by atoms with van der Waals surface area (Å²) >= 11 is 0. The van der Waals surface area contributed by atoms with Crippen molar-refractivity contribution in [3.8, 4) is 0 Å². The van der Waals surface area contributed by atoms with Crippen LogP contribution in [0.15, 0.2) is 24.3 Å². The maximum absolute atomic E-state index is 13.2. The zero-order chi connectivity index (χ0) is 14.2. The summed E-state index contributed by atoms with van der Waals surface area (Å²) in [6.07, 6.45) is 0. The van der Waals surface area contributed by atoms with Crippen LogP contribution in [0.4, 0.5) is 4.39 Å². The lowest BCUT2D eigenvalue weighted by Gasteiger charge is -2.35. The lowest BCUT2D eigenvalue weighted by molar-refractivity contribution is 0.120. The Hall–Kier alpha value is -0.390. The normalized spacial score (nSPS) is 30.2. The highest BCUT2D eigenvalue weighted by atomic mass is 35.5. The van der Waals surface area contributed by atoms with E-state index in [-0.39, 0.29) is 30.6 Å². The number of fused-ring (bicyclic) bond motifs is 1. The molecule has 3 aliphatic rings.